The van der Waals surface area contributed by atoms with Crippen molar-refractivity contribution in [3.05, 3.63) is 64.8 Å². The Bertz CT molecular complexity index is 1130. The molecule has 0 radical (unpaired) electrons. The maximum absolute atomic E-state index is 12.9. The van der Waals surface area contributed by atoms with Gasteiger partial charge in [-0.2, -0.15) is 0 Å². The van der Waals surface area contributed by atoms with Crippen LogP contribution in [0.2, 0.25) is 0 Å². The summed E-state index contributed by atoms with van der Waals surface area (Å²) in [5.41, 5.74) is 1.29. The third-order valence-corrected chi connectivity index (χ3v) is 5.66. The van der Waals surface area contributed by atoms with Crippen LogP contribution in [-0.4, -0.2) is 33.3 Å². The molecule has 0 saturated heterocycles. The molecule has 2 aromatic carbocycles. The lowest BCUT2D eigenvalue weighted by atomic mass is 9.74. The number of benzene rings is 2. The molecule has 0 amide bonds. The van der Waals surface area contributed by atoms with Gasteiger partial charge in [-0.3, -0.25) is 4.79 Å². The predicted octanol–water partition coefficient (Wildman–Crippen LogP) is 4.80. The monoisotopic (exact) mass is 409 g/mol. The van der Waals surface area contributed by atoms with Gasteiger partial charge in [0.05, 0.1) is 12.2 Å². The predicted molar refractivity (Wildman–Crippen MR) is 115 cm³/mol. The van der Waals surface area contributed by atoms with Gasteiger partial charge in [0, 0.05) is 22.6 Å². The van der Waals surface area contributed by atoms with Crippen molar-refractivity contribution in [1.29, 1.82) is 0 Å². The lowest BCUT2D eigenvalue weighted by molar-refractivity contribution is -0.141. The zero-order valence-corrected chi connectivity index (χ0v) is 17.9. The van der Waals surface area contributed by atoms with E-state index in [0.717, 1.165) is 11.2 Å². The van der Waals surface area contributed by atoms with Crippen LogP contribution in [0.1, 0.15) is 60.9 Å². The van der Waals surface area contributed by atoms with E-state index in [2.05, 4.69) is 0 Å². The van der Waals surface area contributed by atoms with E-state index in [1.807, 2.05) is 31.4 Å². The Morgan fingerprint density at radius 2 is 1.83 bits per heavy atom. The fourth-order valence-electron chi connectivity index (χ4n) is 4.23. The molecule has 0 aliphatic rings. The van der Waals surface area contributed by atoms with E-state index in [1.165, 1.54) is 12.1 Å². The van der Waals surface area contributed by atoms with Crippen LogP contribution in [0.5, 0.6) is 5.75 Å². The average molecular weight is 409 g/mol. The zero-order valence-electron chi connectivity index (χ0n) is 17.9. The first kappa shape index (κ1) is 21.4. The van der Waals surface area contributed by atoms with Crippen LogP contribution in [0.3, 0.4) is 0 Å². The highest BCUT2D eigenvalue weighted by Gasteiger charge is 2.41. The highest BCUT2D eigenvalue weighted by molar-refractivity contribution is 6.09. The van der Waals surface area contributed by atoms with Gasteiger partial charge in [0.2, 0.25) is 0 Å². The lowest BCUT2D eigenvalue weighted by Crippen LogP contribution is -2.34. The van der Waals surface area contributed by atoms with E-state index in [-0.39, 0.29) is 18.4 Å². The van der Waals surface area contributed by atoms with Gasteiger partial charge in [-0.25, -0.2) is 4.79 Å². The van der Waals surface area contributed by atoms with Crippen molar-refractivity contribution in [1.82, 2.24) is 4.57 Å². The Labute approximate surface area is 175 Å². The minimum absolute atomic E-state index is 0.0197. The largest absolute Gasteiger partial charge is 0.508 e. The number of esters is 1. The number of aromatic nitrogens is 1. The number of carbonyl (C=O) groups excluding carboxylic acids is 1. The van der Waals surface area contributed by atoms with Crippen molar-refractivity contribution in [3.63, 3.8) is 0 Å². The highest BCUT2D eigenvalue weighted by Crippen LogP contribution is 2.41. The number of aliphatic carboxylic acids is 1. The second kappa shape index (κ2) is 7.86. The van der Waals surface area contributed by atoms with E-state index < -0.39 is 17.4 Å². The quantitative estimate of drug-likeness (QED) is 0.571. The molecule has 0 aliphatic carbocycles. The average Bonchev–Trinajstić information content (AvgIpc) is 2.99. The molecule has 0 bridgehead atoms. The molecule has 6 heteroatoms. The van der Waals surface area contributed by atoms with Crippen LogP contribution in [0.4, 0.5) is 0 Å². The Hall–Kier alpha value is -3.28. The molecule has 0 aliphatic heterocycles. The molecule has 0 saturated carbocycles. The molecule has 2 N–H and O–H groups in total. The van der Waals surface area contributed by atoms with Crippen LogP contribution < -0.4 is 0 Å². The van der Waals surface area contributed by atoms with Crippen LogP contribution in [0.15, 0.2) is 42.5 Å². The summed E-state index contributed by atoms with van der Waals surface area (Å²) in [7, 11) is 0. The van der Waals surface area contributed by atoms with Gasteiger partial charge in [0.25, 0.3) is 0 Å². The lowest BCUT2D eigenvalue weighted by Gasteiger charge is -2.27. The normalized spacial score (nSPS) is 13.4. The van der Waals surface area contributed by atoms with Crippen LogP contribution in [0, 0.1) is 6.92 Å². The summed E-state index contributed by atoms with van der Waals surface area (Å²) in [4.78, 5) is 25.5. The number of phenolic OH excluding ortho intramolecular Hbond substituents is 1. The number of carbonyl (C=O) groups is 2. The van der Waals surface area contributed by atoms with Crippen molar-refractivity contribution in [2.45, 2.75) is 46.1 Å². The first-order valence-electron chi connectivity index (χ1n) is 9.98. The minimum atomic E-state index is -1.49. The molecule has 3 aromatic rings. The van der Waals surface area contributed by atoms with E-state index in [0.29, 0.717) is 22.1 Å². The van der Waals surface area contributed by atoms with Crippen molar-refractivity contribution in [2.75, 3.05) is 6.61 Å². The van der Waals surface area contributed by atoms with Crippen LogP contribution >= 0.6 is 0 Å². The molecular weight excluding hydrogens is 382 g/mol. The molecule has 0 spiro atoms. The number of aromatic hydroxyl groups is 1. The minimum Gasteiger partial charge on any atom is -0.508 e. The topological polar surface area (TPSA) is 88.8 Å². The molecular formula is C24H27NO5. The first-order valence-corrected chi connectivity index (χ1v) is 9.98. The van der Waals surface area contributed by atoms with Gasteiger partial charge in [-0.05, 0) is 63.9 Å². The summed E-state index contributed by atoms with van der Waals surface area (Å²) >= 11 is 0. The smallest absolute Gasteiger partial charge is 0.340 e. The SMILES string of the molecule is CCOC(=O)c1c(C)n(C(C)C)c2cccc(C(C)(C(=O)O)c3cccc(O)c3)c12. The van der Waals surface area contributed by atoms with Gasteiger partial charge in [-0.1, -0.05) is 24.3 Å². The number of rotatable bonds is 6. The maximum atomic E-state index is 12.9. The zero-order chi connectivity index (χ0) is 22.2. The number of hydrogen-bond donors (Lipinski definition) is 2. The van der Waals surface area contributed by atoms with Gasteiger partial charge in [-0.15, -0.1) is 0 Å². The standard InChI is InChI=1S/C24H27NO5/c1-6-30-22(27)20-15(4)25(14(2)3)19-12-8-11-18(21(19)20)24(5,23(28)29)16-9-7-10-17(26)13-16/h7-14,26H,6H2,1-5H3,(H,28,29). The number of fused-ring (bicyclic) bond motifs is 1. The fourth-order valence-corrected chi connectivity index (χ4v) is 4.23. The van der Waals surface area contributed by atoms with Gasteiger partial charge in [0.15, 0.2) is 0 Å². The van der Waals surface area contributed by atoms with Crippen molar-refractivity contribution in [3.8, 4) is 5.75 Å². The molecule has 3 rings (SSSR count). The molecule has 158 valence electrons. The van der Waals surface area contributed by atoms with Crippen molar-refractivity contribution in [2.24, 2.45) is 0 Å². The van der Waals surface area contributed by atoms with Crippen LogP contribution in [-0.2, 0) is 14.9 Å². The number of carboxylic acid groups (broad SMARTS) is 1. The second-order valence-electron chi connectivity index (χ2n) is 7.82. The van der Waals surface area contributed by atoms with Crippen molar-refractivity contribution >= 4 is 22.8 Å². The maximum Gasteiger partial charge on any atom is 0.340 e. The number of ether oxygens (including phenoxy) is 1. The molecule has 1 unspecified atom stereocenters. The van der Waals surface area contributed by atoms with Crippen LogP contribution in [0.25, 0.3) is 10.9 Å². The molecule has 6 nitrogen and oxygen atoms in total. The van der Waals surface area contributed by atoms with Gasteiger partial charge in [0.1, 0.15) is 11.2 Å². The van der Waals surface area contributed by atoms with Crippen molar-refractivity contribution < 1.29 is 24.5 Å². The van der Waals surface area contributed by atoms with E-state index in [4.69, 9.17) is 4.74 Å². The van der Waals surface area contributed by atoms with E-state index in [9.17, 15) is 19.8 Å². The summed E-state index contributed by atoms with van der Waals surface area (Å²) in [6.07, 6.45) is 0. The number of carboxylic acids is 1. The number of nitrogens with zero attached hydrogens (tertiary/aromatic N) is 1. The first-order chi connectivity index (χ1) is 14.1. The second-order valence-corrected chi connectivity index (χ2v) is 7.82. The summed E-state index contributed by atoms with van der Waals surface area (Å²) in [5, 5.41) is 20.8. The number of hydrogen-bond acceptors (Lipinski definition) is 4. The molecule has 1 aromatic heterocycles. The Balaban J connectivity index is 2.48. The summed E-state index contributed by atoms with van der Waals surface area (Å²) in [6.45, 7) is 9.43. The molecule has 1 atom stereocenters. The third kappa shape index (κ3) is 3.22. The Kier molecular flexibility index (Phi) is 5.61. The highest BCUT2D eigenvalue weighted by atomic mass is 16.5. The van der Waals surface area contributed by atoms with E-state index in [1.54, 1.807) is 38.1 Å². The van der Waals surface area contributed by atoms with Gasteiger partial charge < -0.3 is 19.5 Å². The molecule has 30 heavy (non-hydrogen) atoms. The summed E-state index contributed by atoms with van der Waals surface area (Å²) in [6, 6.07) is 11.7. The fraction of sp³-hybridized carbons (Fsp3) is 0.333. The summed E-state index contributed by atoms with van der Waals surface area (Å²) in [5.74, 6) is -1.57. The summed E-state index contributed by atoms with van der Waals surface area (Å²) < 4.78 is 7.35. The van der Waals surface area contributed by atoms with Gasteiger partial charge >= 0.3 is 11.9 Å². The third-order valence-electron chi connectivity index (χ3n) is 5.66. The Morgan fingerprint density at radius 1 is 1.17 bits per heavy atom. The molecule has 1 heterocycles. The Morgan fingerprint density at radius 3 is 2.40 bits per heavy atom. The number of phenols is 1. The molecule has 0 fully saturated rings. The van der Waals surface area contributed by atoms with E-state index >= 15 is 0 Å².